The second-order valence-corrected chi connectivity index (χ2v) is 11.2. The smallest absolute Gasteiger partial charge is 0.226 e. The summed E-state index contributed by atoms with van der Waals surface area (Å²) in [6.07, 6.45) is 2.04. The van der Waals surface area contributed by atoms with E-state index in [1.54, 1.807) is 18.0 Å². The predicted octanol–water partition coefficient (Wildman–Crippen LogP) is 7.29. The summed E-state index contributed by atoms with van der Waals surface area (Å²) in [4.78, 5) is 20.8. The number of nitrogens with one attached hydrogen (secondary N) is 2. The fourth-order valence-electron chi connectivity index (χ4n) is 5.00. The van der Waals surface area contributed by atoms with Crippen LogP contribution in [0.2, 0.25) is 0 Å². The Kier molecular flexibility index (Phi) is 7.53. The number of aryl methyl sites for hydroxylation is 1. The second kappa shape index (κ2) is 11.5. The molecule has 1 fully saturated rings. The van der Waals surface area contributed by atoms with Gasteiger partial charge in [0.25, 0.3) is 0 Å². The van der Waals surface area contributed by atoms with Crippen LogP contribution in [0, 0.1) is 6.92 Å². The summed E-state index contributed by atoms with van der Waals surface area (Å²) in [5.74, 6) is 0.696. The number of pyridine rings is 1. The Labute approximate surface area is 242 Å². The molecule has 1 saturated heterocycles. The highest BCUT2D eigenvalue weighted by Crippen LogP contribution is 2.41. The quantitative estimate of drug-likeness (QED) is 0.192. The van der Waals surface area contributed by atoms with Crippen molar-refractivity contribution in [1.82, 2.24) is 15.2 Å². The lowest BCUT2D eigenvalue weighted by molar-refractivity contribution is -0.116. The molecule has 2 aromatic heterocycles. The molecule has 6 nitrogen and oxygen atoms in total. The van der Waals surface area contributed by atoms with E-state index in [2.05, 4.69) is 46.8 Å². The van der Waals surface area contributed by atoms with Crippen LogP contribution in [0.4, 0.5) is 5.69 Å². The Bertz CT molecular complexity index is 1650. The molecule has 1 aliphatic heterocycles. The number of hydrogen-bond donors (Lipinski definition) is 2. The van der Waals surface area contributed by atoms with Gasteiger partial charge in [-0.2, -0.15) is 0 Å². The summed E-state index contributed by atoms with van der Waals surface area (Å²) in [7, 11) is 0. The van der Waals surface area contributed by atoms with Gasteiger partial charge in [0, 0.05) is 35.1 Å². The van der Waals surface area contributed by atoms with Crippen LogP contribution in [0.5, 0.6) is 0 Å². The number of hydrogen-bond acceptors (Lipinski definition) is 5. The normalized spacial score (nSPS) is 16.7. The van der Waals surface area contributed by atoms with E-state index in [4.69, 9.17) is 16.6 Å². The van der Waals surface area contributed by atoms with Gasteiger partial charge in [-0.3, -0.25) is 9.78 Å². The fraction of sp³-hybridized carbons (Fsp3) is 0.156. The van der Waals surface area contributed by atoms with Gasteiger partial charge in [-0.25, -0.2) is 0 Å². The first kappa shape index (κ1) is 26.1. The number of carbonyl (C=O) groups is 1. The molecule has 0 unspecified atom stereocenters. The van der Waals surface area contributed by atoms with Crippen molar-refractivity contribution in [2.24, 2.45) is 0 Å². The monoisotopic (exact) mass is 564 g/mol. The Morgan fingerprint density at radius 1 is 1.00 bits per heavy atom. The molecule has 1 amide bonds. The Morgan fingerprint density at radius 3 is 2.62 bits per heavy atom. The van der Waals surface area contributed by atoms with E-state index in [1.165, 1.54) is 5.56 Å². The van der Waals surface area contributed by atoms with Gasteiger partial charge in [-0.05, 0) is 67.0 Å². The number of benzene rings is 3. The van der Waals surface area contributed by atoms with Crippen molar-refractivity contribution in [3.8, 4) is 0 Å². The van der Waals surface area contributed by atoms with Crippen LogP contribution in [0.25, 0.3) is 10.8 Å². The topological polar surface area (TPSA) is 70.4 Å². The lowest BCUT2D eigenvalue weighted by Gasteiger charge is -2.25. The first-order valence-electron chi connectivity index (χ1n) is 13.1. The van der Waals surface area contributed by atoms with Gasteiger partial charge in [0.15, 0.2) is 10.2 Å². The van der Waals surface area contributed by atoms with Gasteiger partial charge < -0.3 is 20.0 Å². The third kappa shape index (κ3) is 5.59. The number of furan rings is 1. The lowest BCUT2D eigenvalue weighted by Crippen LogP contribution is -2.32. The number of thiocarbonyl (C=S) groups is 1. The van der Waals surface area contributed by atoms with E-state index in [-0.39, 0.29) is 24.4 Å². The average molecular weight is 565 g/mol. The van der Waals surface area contributed by atoms with Crippen molar-refractivity contribution >= 4 is 51.5 Å². The van der Waals surface area contributed by atoms with E-state index in [0.29, 0.717) is 11.7 Å². The number of aromatic nitrogens is 1. The molecule has 3 heterocycles. The average Bonchev–Trinajstić information content (AvgIpc) is 3.57. The third-order valence-electron chi connectivity index (χ3n) is 6.97. The zero-order chi connectivity index (χ0) is 27.5. The third-order valence-corrected chi connectivity index (χ3v) is 8.26. The molecule has 200 valence electrons. The Balaban J connectivity index is 1.22. The van der Waals surface area contributed by atoms with Crippen LogP contribution < -0.4 is 10.6 Å². The molecule has 40 heavy (non-hydrogen) atoms. The summed E-state index contributed by atoms with van der Waals surface area (Å²) >= 11 is 7.35. The number of carbonyl (C=O) groups excluding carboxylic acids is 1. The summed E-state index contributed by atoms with van der Waals surface area (Å²) in [6.45, 7) is 2.50. The van der Waals surface area contributed by atoms with Crippen LogP contribution in [-0.2, 0) is 4.79 Å². The molecular formula is C32H28N4O2S2. The standard InChI is InChI=1S/C32H28N4O2S2/c1-21-12-14-23(15-13-21)40-29-17-16-27(38-29)31-30(26-10-4-5-19-33-26)35-32(39)36(31)20-18-28(37)34-25-11-6-8-22-7-2-3-9-24(22)25/h2-17,19,30-31H,18,20H2,1H3,(H,34,37)(H,35,39)/t30-,31+/m0/s1. The summed E-state index contributed by atoms with van der Waals surface area (Å²) < 4.78 is 6.38. The molecule has 2 N–H and O–H groups in total. The van der Waals surface area contributed by atoms with Crippen LogP contribution >= 0.6 is 24.0 Å². The largest absolute Gasteiger partial charge is 0.452 e. The van der Waals surface area contributed by atoms with E-state index in [1.807, 2.05) is 77.7 Å². The Morgan fingerprint density at radius 2 is 1.80 bits per heavy atom. The summed E-state index contributed by atoms with van der Waals surface area (Å²) in [5.41, 5.74) is 2.88. The predicted molar refractivity (Wildman–Crippen MR) is 163 cm³/mol. The number of nitrogens with zero attached hydrogens (tertiary/aromatic N) is 2. The molecule has 1 aliphatic rings. The van der Waals surface area contributed by atoms with E-state index >= 15 is 0 Å². The SMILES string of the molecule is Cc1ccc(Sc2ccc([C@@H]3[C@H](c4ccccn4)NC(=S)N3CCC(=O)Nc3cccc4ccccc34)o2)cc1. The minimum Gasteiger partial charge on any atom is -0.452 e. The number of fused-ring (bicyclic) bond motifs is 1. The van der Waals surface area contributed by atoms with Crippen molar-refractivity contribution in [3.05, 3.63) is 120 Å². The van der Waals surface area contributed by atoms with Crippen molar-refractivity contribution < 1.29 is 9.21 Å². The number of amides is 1. The highest BCUT2D eigenvalue weighted by atomic mass is 32.2. The molecule has 5 aromatic rings. The molecule has 3 aromatic carbocycles. The van der Waals surface area contributed by atoms with Gasteiger partial charge in [-0.15, -0.1) is 0 Å². The zero-order valence-electron chi connectivity index (χ0n) is 21.9. The van der Waals surface area contributed by atoms with E-state index in [0.717, 1.165) is 37.9 Å². The molecule has 0 spiro atoms. The van der Waals surface area contributed by atoms with Crippen LogP contribution in [0.15, 0.2) is 118 Å². The Hall–Kier alpha value is -4.14. The molecule has 0 bridgehead atoms. The molecule has 2 atom stereocenters. The van der Waals surface area contributed by atoms with Gasteiger partial charge in [-0.1, -0.05) is 71.9 Å². The molecule has 0 radical (unpaired) electrons. The van der Waals surface area contributed by atoms with Crippen molar-refractivity contribution in [2.45, 2.75) is 35.4 Å². The maximum atomic E-state index is 13.1. The maximum absolute atomic E-state index is 13.1. The molecular weight excluding hydrogens is 537 g/mol. The van der Waals surface area contributed by atoms with Crippen LogP contribution in [-0.4, -0.2) is 27.4 Å². The minimum atomic E-state index is -0.250. The van der Waals surface area contributed by atoms with Gasteiger partial charge in [0.2, 0.25) is 5.91 Å². The minimum absolute atomic E-state index is 0.0748. The number of anilines is 1. The van der Waals surface area contributed by atoms with Gasteiger partial charge in [0.1, 0.15) is 11.8 Å². The molecule has 0 saturated carbocycles. The maximum Gasteiger partial charge on any atom is 0.226 e. The highest BCUT2D eigenvalue weighted by Gasteiger charge is 2.41. The van der Waals surface area contributed by atoms with E-state index in [9.17, 15) is 4.79 Å². The fourth-order valence-corrected chi connectivity index (χ4v) is 6.11. The van der Waals surface area contributed by atoms with Crippen molar-refractivity contribution in [2.75, 3.05) is 11.9 Å². The molecule has 0 aliphatic carbocycles. The first-order chi connectivity index (χ1) is 19.5. The zero-order valence-corrected chi connectivity index (χ0v) is 23.5. The van der Waals surface area contributed by atoms with Crippen molar-refractivity contribution in [1.29, 1.82) is 0 Å². The van der Waals surface area contributed by atoms with Crippen molar-refractivity contribution in [3.63, 3.8) is 0 Å². The van der Waals surface area contributed by atoms with Crippen LogP contribution in [0.3, 0.4) is 0 Å². The highest BCUT2D eigenvalue weighted by molar-refractivity contribution is 7.99. The molecule has 8 heteroatoms. The molecule has 6 rings (SSSR count). The van der Waals surface area contributed by atoms with Crippen LogP contribution in [0.1, 0.15) is 35.5 Å². The summed E-state index contributed by atoms with van der Waals surface area (Å²) in [6, 6.07) is 31.7. The first-order valence-corrected chi connectivity index (χ1v) is 14.4. The van der Waals surface area contributed by atoms with E-state index < -0.39 is 0 Å². The van der Waals surface area contributed by atoms with Gasteiger partial charge >= 0.3 is 0 Å². The summed E-state index contributed by atoms with van der Waals surface area (Å²) in [5, 5.41) is 9.98. The lowest BCUT2D eigenvalue weighted by atomic mass is 10.0. The second-order valence-electron chi connectivity index (χ2n) is 9.72. The van der Waals surface area contributed by atoms with Gasteiger partial charge in [0.05, 0.1) is 11.7 Å². The number of rotatable bonds is 8.